The van der Waals surface area contributed by atoms with Crippen LogP contribution in [0.15, 0.2) is 157 Å². The van der Waals surface area contributed by atoms with Crippen molar-refractivity contribution in [2.24, 2.45) is 0 Å². The molecule has 1 aromatic heterocycles. The van der Waals surface area contributed by atoms with Crippen molar-refractivity contribution in [3.05, 3.63) is 174 Å². The zero-order chi connectivity index (χ0) is 32.0. The molecule has 0 bridgehead atoms. The van der Waals surface area contributed by atoms with Gasteiger partial charge in [-0.2, -0.15) is 0 Å². The molecular formula is C45H34N2S. The predicted molar refractivity (Wildman–Crippen MR) is 205 cm³/mol. The highest BCUT2D eigenvalue weighted by Crippen LogP contribution is 2.59. The number of rotatable bonds is 3. The number of allylic oxidation sites excluding steroid dienone is 1. The summed E-state index contributed by atoms with van der Waals surface area (Å²) in [6, 6.07) is 54.1. The van der Waals surface area contributed by atoms with Crippen LogP contribution in [0.4, 0.5) is 11.4 Å². The lowest BCUT2D eigenvalue weighted by Gasteiger charge is -2.45. The minimum Gasteiger partial charge on any atom is -0.307 e. The second kappa shape index (κ2) is 10.3. The zero-order valence-electron chi connectivity index (χ0n) is 27.0. The Hall–Kier alpha value is -5.38. The molecule has 0 fully saturated rings. The molecule has 0 saturated heterocycles. The summed E-state index contributed by atoms with van der Waals surface area (Å²) in [6.45, 7) is 4.80. The fourth-order valence-electron chi connectivity index (χ4n) is 8.20. The highest BCUT2D eigenvalue weighted by Gasteiger charge is 2.41. The summed E-state index contributed by atoms with van der Waals surface area (Å²) >= 11 is 0. The third-order valence-corrected chi connectivity index (χ3v) is 12.8. The van der Waals surface area contributed by atoms with Crippen LogP contribution in [0.3, 0.4) is 0 Å². The first kappa shape index (κ1) is 27.7. The van der Waals surface area contributed by atoms with Crippen molar-refractivity contribution >= 4 is 43.9 Å². The van der Waals surface area contributed by atoms with E-state index in [1.807, 2.05) is 0 Å². The van der Waals surface area contributed by atoms with Crippen molar-refractivity contribution in [3.63, 3.8) is 0 Å². The maximum atomic E-state index is 2.73. The molecule has 3 heterocycles. The Bertz CT molecular complexity index is 2410. The Balaban J connectivity index is 1.34. The molecule has 2 aliphatic heterocycles. The van der Waals surface area contributed by atoms with Crippen LogP contribution in [0.25, 0.3) is 44.9 Å². The maximum absolute atomic E-state index is 2.73. The Labute approximate surface area is 284 Å². The van der Waals surface area contributed by atoms with Crippen LogP contribution in [0.5, 0.6) is 0 Å². The maximum Gasteiger partial charge on any atom is 0.0652 e. The molecular weight excluding hydrogens is 601 g/mol. The second-order valence-corrected chi connectivity index (χ2v) is 15.4. The van der Waals surface area contributed by atoms with Crippen molar-refractivity contribution in [1.82, 2.24) is 4.57 Å². The number of fused-ring (bicyclic) bond motifs is 7. The van der Waals surface area contributed by atoms with Gasteiger partial charge in [-0.15, -0.1) is 0 Å². The fraction of sp³-hybridized carbons (Fsp3) is 0.0889. The van der Waals surface area contributed by atoms with Gasteiger partial charge in [0.05, 0.1) is 28.3 Å². The molecule has 1 unspecified atom stereocenters. The van der Waals surface area contributed by atoms with Gasteiger partial charge in [-0.25, -0.2) is 0 Å². The monoisotopic (exact) mass is 634 g/mol. The smallest absolute Gasteiger partial charge is 0.0652 e. The molecule has 7 aromatic rings. The third kappa shape index (κ3) is 3.85. The first-order valence-corrected chi connectivity index (χ1v) is 18.0. The van der Waals surface area contributed by atoms with Crippen LogP contribution in [0.2, 0.25) is 0 Å². The molecule has 3 heteroatoms. The SMILES string of the molecule is CC1(C)c2ccc(-c3ccccc3)cc2N(S2=C3CC=Cc4c3n(c3ccccc43)-c3ccccc32)c2cc(-c3ccccc3)ccc21. The summed E-state index contributed by atoms with van der Waals surface area (Å²) in [7, 11) is -0.398. The predicted octanol–water partition coefficient (Wildman–Crippen LogP) is 11.9. The minimum atomic E-state index is -0.398. The standard InChI is InChI=1S/C45H34N2S/c1-45(2)36-26-24-32(30-14-5-3-6-15-30)28-40(36)47(41-29-33(25-27-37(41)45)31-16-7-4-8-17-31)48-42-22-12-11-21-39(42)46-38-20-10-9-18-34(38)35-19-13-23-43(48)44(35)46/h3-22,24-29H,23H2,1-2H3. The Kier molecular flexibility index (Phi) is 5.95. The largest absolute Gasteiger partial charge is 0.307 e. The topological polar surface area (TPSA) is 8.17 Å². The van der Waals surface area contributed by atoms with Crippen molar-refractivity contribution < 1.29 is 0 Å². The van der Waals surface area contributed by atoms with Crippen LogP contribution in [-0.4, -0.2) is 9.43 Å². The van der Waals surface area contributed by atoms with Gasteiger partial charge in [0.2, 0.25) is 0 Å². The van der Waals surface area contributed by atoms with Crippen LogP contribution in [-0.2, 0) is 5.41 Å². The number of hydrogen-bond donors (Lipinski definition) is 0. The molecule has 1 atom stereocenters. The summed E-state index contributed by atoms with van der Waals surface area (Å²) in [6.07, 6.45) is 5.66. The van der Waals surface area contributed by atoms with Crippen LogP contribution in [0, 0.1) is 0 Å². The van der Waals surface area contributed by atoms with E-state index in [9.17, 15) is 0 Å². The molecule has 0 spiro atoms. The highest BCUT2D eigenvalue weighted by atomic mass is 32.2. The molecule has 3 aliphatic rings. The average Bonchev–Trinajstić information content (AvgIpc) is 3.49. The van der Waals surface area contributed by atoms with Crippen LogP contribution in [0.1, 0.15) is 42.7 Å². The van der Waals surface area contributed by atoms with Crippen molar-refractivity contribution in [3.8, 4) is 27.9 Å². The first-order valence-electron chi connectivity index (χ1n) is 16.8. The lowest BCUT2D eigenvalue weighted by Crippen LogP contribution is -2.33. The van der Waals surface area contributed by atoms with E-state index >= 15 is 0 Å². The molecule has 1 aliphatic carbocycles. The van der Waals surface area contributed by atoms with Gasteiger partial charge in [0.15, 0.2) is 0 Å². The van der Waals surface area contributed by atoms with E-state index in [2.05, 4.69) is 180 Å². The van der Waals surface area contributed by atoms with E-state index in [1.54, 1.807) is 0 Å². The van der Waals surface area contributed by atoms with Crippen LogP contribution >= 0.6 is 10.7 Å². The van der Waals surface area contributed by atoms with E-state index in [-0.39, 0.29) is 5.41 Å². The van der Waals surface area contributed by atoms with E-state index in [1.165, 1.54) is 82.4 Å². The van der Waals surface area contributed by atoms with E-state index in [0.717, 1.165) is 6.42 Å². The molecule has 0 saturated carbocycles. The summed E-state index contributed by atoms with van der Waals surface area (Å²) < 4.78 is 5.27. The summed E-state index contributed by atoms with van der Waals surface area (Å²) in [5.41, 5.74) is 15.4. The second-order valence-electron chi connectivity index (χ2n) is 13.5. The van der Waals surface area contributed by atoms with Crippen molar-refractivity contribution in [2.75, 3.05) is 4.31 Å². The number of aromatic nitrogens is 1. The number of para-hydroxylation sites is 2. The van der Waals surface area contributed by atoms with Gasteiger partial charge in [0, 0.05) is 26.1 Å². The minimum absolute atomic E-state index is 0.179. The van der Waals surface area contributed by atoms with Gasteiger partial charge in [-0.1, -0.05) is 141 Å². The lowest BCUT2D eigenvalue weighted by molar-refractivity contribution is 0.635. The molecule has 230 valence electrons. The van der Waals surface area contributed by atoms with Gasteiger partial charge in [0.25, 0.3) is 0 Å². The summed E-state index contributed by atoms with van der Waals surface area (Å²) in [5.74, 6) is 0. The molecule has 48 heavy (non-hydrogen) atoms. The highest BCUT2D eigenvalue weighted by molar-refractivity contribution is 8.17. The number of nitrogens with zero attached hydrogens (tertiary/aromatic N) is 2. The molecule has 0 amide bonds. The number of hydrogen-bond acceptors (Lipinski definition) is 1. The van der Waals surface area contributed by atoms with Gasteiger partial charge in [0.1, 0.15) is 0 Å². The Morgan fingerprint density at radius 3 is 1.81 bits per heavy atom. The van der Waals surface area contributed by atoms with Crippen molar-refractivity contribution in [1.29, 1.82) is 0 Å². The van der Waals surface area contributed by atoms with Crippen molar-refractivity contribution in [2.45, 2.75) is 30.6 Å². The molecule has 0 radical (unpaired) electrons. The molecule has 0 N–H and O–H groups in total. The molecule has 10 rings (SSSR count). The Morgan fingerprint density at radius 1 is 0.562 bits per heavy atom. The lowest BCUT2D eigenvalue weighted by atomic mass is 9.73. The van der Waals surface area contributed by atoms with Crippen LogP contribution < -0.4 is 4.31 Å². The average molecular weight is 635 g/mol. The summed E-state index contributed by atoms with van der Waals surface area (Å²) in [4.78, 5) is 2.85. The molecule has 6 aromatic carbocycles. The third-order valence-electron chi connectivity index (χ3n) is 10.5. The normalized spacial score (nSPS) is 16.7. The van der Waals surface area contributed by atoms with Gasteiger partial charge in [-0.3, -0.25) is 4.31 Å². The van der Waals surface area contributed by atoms with E-state index in [0.29, 0.717) is 0 Å². The van der Waals surface area contributed by atoms with Gasteiger partial charge in [-0.05, 0) is 80.8 Å². The quantitative estimate of drug-likeness (QED) is 0.176. The van der Waals surface area contributed by atoms with Gasteiger partial charge < -0.3 is 4.57 Å². The van der Waals surface area contributed by atoms with E-state index < -0.39 is 10.7 Å². The van der Waals surface area contributed by atoms with Gasteiger partial charge >= 0.3 is 0 Å². The fourth-order valence-corrected chi connectivity index (χ4v) is 10.8. The number of anilines is 2. The number of benzene rings is 6. The molecule has 2 nitrogen and oxygen atoms in total. The first-order chi connectivity index (χ1) is 23.6. The Morgan fingerprint density at radius 2 is 1.15 bits per heavy atom. The zero-order valence-corrected chi connectivity index (χ0v) is 27.8. The summed E-state index contributed by atoms with van der Waals surface area (Å²) in [5, 5.41) is 1.32. The van der Waals surface area contributed by atoms with E-state index in [4.69, 9.17) is 0 Å².